The van der Waals surface area contributed by atoms with Gasteiger partial charge in [-0.1, -0.05) is 13.8 Å². The number of carboxylic acids is 1. The minimum atomic E-state index is -0.843. The van der Waals surface area contributed by atoms with Crippen molar-refractivity contribution in [2.75, 3.05) is 26.8 Å². The lowest BCUT2D eigenvalue weighted by Crippen LogP contribution is -2.46. The van der Waals surface area contributed by atoms with Gasteiger partial charge in [0.2, 0.25) is 0 Å². The molecule has 0 aliphatic heterocycles. The molecular weight excluding hydrogens is 208 g/mol. The average Bonchev–Trinajstić information content (AvgIpc) is 2.20. The smallest absolute Gasteiger partial charge is 0.321 e. The number of hydrogen-bond donors (Lipinski definition) is 1. The van der Waals surface area contributed by atoms with Crippen LogP contribution in [0.4, 0.5) is 0 Å². The second-order valence-electron chi connectivity index (χ2n) is 3.96. The van der Waals surface area contributed by atoms with Gasteiger partial charge < -0.3 is 9.84 Å². The summed E-state index contributed by atoms with van der Waals surface area (Å²) >= 11 is 0. The highest BCUT2D eigenvalue weighted by atomic mass is 16.5. The average molecular weight is 228 g/mol. The Hall–Kier alpha value is -1.12. The van der Waals surface area contributed by atoms with Crippen LogP contribution < -0.4 is 0 Å². The summed E-state index contributed by atoms with van der Waals surface area (Å²) in [4.78, 5) is 12.9. The first-order valence-corrected chi connectivity index (χ1v) is 5.37. The minimum absolute atomic E-state index is 0.00745. The van der Waals surface area contributed by atoms with E-state index in [1.165, 1.54) is 0 Å². The van der Waals surface area contributed by atoms with Crippen LogP contribution in [0.25, 0.3) is 0 Å². The van der Waals surface area contributed by atoms with E-state index in [0.29, 0.717) is 26.1 Å². The zero-order valence-corrected chi connectivity index (χ0v) is 10.1. The van der Waals surface area contributed by atoms with Crippen molar-refractivity contribution in [2.45, 2.75) is 26.3 Å². The van der Waals surface area contributed by atoms with Crippen molar-refractivity contribution in [3.05, 3.63) is 0 Å². The van der Waals surface area contributed by atoms with Gasteiger partial charge in [0.1, 0.15) is 6.04 Å². The molecule has 0 saturated carbocycles. The number of methoxy groups -OCH3 is 1. The van der Waals surface area contributed by atoms with Crippen LogP contribution >= 0.6 is 0 Å². The number of ether oxygens (including phenoxy) is 1. The molecule has 0 aliphatic rings. The molecule has 92 valence electrons. The highest BCUT2D eigenvalue weighted by Gasteiger charge is 2.27. The molecule has 0 amide bonds. The molecule has 0 bridgehead atoms. The molecule has 0 aromatic heterocycles. The number of carbonyl (C=O) groups is 1. The van der Waals surface area contributed by atoms with E-state index in [1.54, 1.807) is 12.0 Å². The molecule has 5 nitrogen and oxygen atoms in total. The van der Waals surface area contributed by atoms with Gasteiger partial charge in [-0.3, -0.25) is 9.69 Å². The van der Waals surface area contributed by atoms with Crippen LogP contribution in [0.15, 0.2) is 0 Å². The predicted molar refractivity (Wildman–Crippen MR) is 59.9 cm³/mol. The first-order valence-electron chi connectivity index (χ1n) is 5.37. The van der Waals surface area contributed by atoms with E-state index in [2.05, 4.69) is 0 Å². The topological polar surface area (TPSA) is 73.6 Å². The van der Waals surface area contributed by atoms with E-state index < -0.39 is 12.0 Å². The Morgan fingerprint density at radius 2 is 2.12 bits per heavy atom. The van der Waals surface area contributed by atoms with Gasteiger partial charge in [0.15, 0.2) is 0 Å². The first-order chi connectivity index (χ1) is 7.54. The quantitative estimate of drug-likeness (QED) is 0.669. The summed E-state index contributed by atoms with van der Waals surface area (Å²) in [6.45, 7) is 5.21. The number of hydrogen-bond acceptors (Lipinski definition) is 4. The molecule has 1 atom stereocenters. The van der Waals surface area contributed by atoms with Gasteiger partial charge >= 0.3 is 5.97 Å². The fraction of sp³-hybridized carbons (Fsp3) is 0.818. The normalized spacial score (nSPS) is 12.8. The Labute approximate surface area is 96.6 Å². The monoisotopic (exact) mass is 228 g/mol. The molecule has 0 fully saturated rings. The lowest BCUT2D eigenvalue weighted by molar-refractivity contribution is -0.145. The van der Waals surface area contributed by atoms with E-state index in [4.69, 9.17) is 15.1 Å². The molecule has 0 spiro atoms. The van der Waals surface area contributed by atoms with Gasteiger partial charge in [-0.05, 0) is 5.92 Å². The highest BCUT2D eigenvalue weighted by Crippen LogP contribution is 2.11. The molecule has 1 unspecified atom stereocenters. The second kappa shape index (κ2) is 8.08. The van der Waals surface area contributed by atoms with Crippen LogP contribution in [0, 0.1) is 17.2 Å². The number of aliphatic carboxylic acids is 1. The number of carboxylic acid groups (broad SMARTS) is 1. The summed E-state index contributed by atoms with van der Waals surface area (Å²) in [5.41, 5.74) is 0. The van der Waals surface area contributed by atoms with Crippen molar-refractivity contribution in [3.8, 4) is 6.07 Å². The SMILES string of the molecule is COCCN(CCC#N)C(C(=O)O)C(C)C. The van der Waals surface area contributed by atoms with Crippen molar-refractivity contribution in [1.29, 1.82) is 5.26 Å². The fourth-order valence-electron chi connectivity index (χ4n) is 1.66. The van der Waals surface area contributed by atoms with Gasteiger partial charge in [0, 0.05) is 26.6 Å². The highest BCUT2D eigenvalue weighted by molar-refractivity contribution is 5.73. The zero-order chi connectivity index (χ0) is 12.6. The molecule has 0 saturated heterocycles. The Balaban J connectivity index is 4.54. The van der Waals surface area contributed by atoms with E-state index >= 15 is 0 Å². The van der Waals surface area contributed by atoms with E-state index in [0.717, 1.165) is 0 Å². The van der Waals surface area contributed by atoms with Crippen molar-refractivity contribution < 1.29 is 14.6 Å². The van der Waals surface area contributed by atoms with Crippen molar-refractivity contribution >= 4 is 5.97 Å². The van der Waals surface area contributed by atoms with Crippen LogP contribution in [-0.4, -0.2) is 48.8 Å². The maximum absolute atomic E-state index is 11.1. The Morgan fingerprint density at radius 1 is 1.50 bits per heavy atom. The van der Waals surface area contributed by atoms with Crippen LogP contribution in [0.5, 0.6) is 0 Å². The molecule has 0 aromatic rings. The van der Waals surface area contributed by atoms with Crippen molar-refractivity contribution in [3.63, 3.8) is 0 Å². The van der Waals surface area contributed by atoms with Gasteiger partial charge in [-0.2, -0.15) is 5.26 Å². The number of nitrogens with zero attached hydrogens (tertiary/aromatic N) is 2. The maximum atomic E-state index is 11.1. The molecule has 0 heterocycles. The van der Waals surface area contributed by atoms with Gasteiger partial charge in [0.25, 0.3) is 0 Å². The summed E-state index contributed by atoms with van der Waals surface area (Å²) < 4.78 is 4.94. The summed E-state index contributed by atoms with van der Waals surface area (Å²) in [5.74, 6) is -0.836. The predicted octanol–water partition coefficient (Wildman–Crippen LogP) is 0.958. The molecule has 0 radical (unpaired) electrons. The Kier molecular flexibility index (Phi) is 7.52. The zero-order valence-electron chi connectivity index (χ0n) is 10.1. The standard InChI is InChI=1S/C11H20N2O3/c1-9(2)10(11(14)15)13(6-4-5-12)7-8-16-3/h9-10H,4,6-8H2,1-3H3,(H,14,15). The lowest BCUT2D eigenvalue weighted by atomic mass is 10.0. The van der Waals surface area contributed by atoms with E-state index in [9.17, 15) is 4.79 Å². The summed E-state index contributed by atoms with van der Waals surface area (Å²) in [7, 11) is 1.58. The number of rotatable bonds is 8. The molecule has 1 N–H and O–H groups in total. The van der Waals surface area contributed by atoms with Crippen LogP contribution in [-0.2, 0) is 9.53 Å². The van der Waals surface area contributed by atoms with E-state index in [-0.39, 0.29) is 5.92 Å². The van der Waals surface area contributed by atoms with Crippen LogP contribution in [0.2, 0.25) is 0 Å². The van der Waals surface area contributed by atoms with Gasteiger partial charge in [-0.15, -0.1) is 0 Å². The van der Waals surface area contributed by atoms with Gasteiger partial charge in [0.05, 0.1) is 12.7 Å². The second-order valence-corrected chi connectivity index (χ2v) is 3.96. The Morgan fingerprint density at radius 3 is 2.50 bits per heavy atom. The van der Waals surface area contributed by atoms with Crippen LogP contribution in [0.1, 0.15) is 20.3 Å². The van der Waals surface area contributed by atoms with Gasteiger partial charge in [-0.25, -0.2) is 0 Å². The van der Waals surface area contributed by atoms with E-state index in [1.807, 2.05) is 19.9 Å². The molecule has 16 heavy (non-hydrogen) atoms. The third-order valence-corrected chi connectivity index (χ3v) is 2.37. The number of nitriles is 1. The summed E-state index contributed by atoms with van der Waals surface area (Å²) in [6, 6.07) is 1.48. The van der Waals surface area contributed by atoms with Crippen molar-refractivity contribution in [2.24, 2.45) is 5.92 Å². The van der Waals surface area contributed by atoms with Crippen molar-refractivity contribution in [1.82, 2.24) is 4.90 Å². The summed E-state index contributed by atoms with van der Waals surface area (Å²) in [6.07, 6.45) is 0.334. The first kappa shape index (κ1) is 14.9. The lowest BCUT2D eigenvalue weighted by Gasteiger charge is -2.30. The maximum Gasteiger partial charge on any atom is 0.321 e. The molecule has 0 aliphatic carbocycles. The Bertz CT molecular complexity index is 248. The third-order valence-electron chi connectivity index (χ3n) is 2.37. The summed E-state index contributed by atoms with van der Waals surface area (Å²) in [5, 5.41) is 17.7. The van der Waals surface area contributed by atoms with Crippen LogP contribution in [0.3, 0.4) is 0 Å². The molecule has 0 aromatic carbocycles. The molecule has 0 rings (SSSR count). The largest absolute Gasteiger partial charge is 0.480 e. The minimum Gasteiger partial charge on any atom is -0.480 e. The third kappa shape index (κ3) is 5.10. The molecular formula is C11H20N2O3. The molecule has 5 heteroatoms. The fourth-order valence-corrected chi connectivity index (χ4v) is 1.66.